The Balaban J connectivity index is 0.000000151. The normalized spacial score (nSPS) is 16.7. The van der Waals surface area contributed by atoms with E-state index >= 15 is 0 Å². The molecule has 15 heavy (non-hydrogen) atoms. The molecule has 2 rings (SSSR count). The molecule has 0 unspecified atom stereocenters. The highest BCUT2D eigenvalue weighted by molar-refractivity contribution is 5.38. The van der Waals surface area contributed by atoms with Gasteiger partial charge in [0.25, 0.3) is 0 Å². The van der Waals surface area contributed by atoms with Crippen molar-refractivity contribution in [2.24, 2.45) is 5.92 Å². The number of rotatable bonds is 0. The highest BCUT2D eigenvalue weighted by Crippen LogP contribution is 2.22. The zero-order valence-corrected chi connectivity index (χ0v) is 10.00. The van der Waals surface area contributed by atoms with Crippen LogP contribution in [0.2, 0.25) is 0 Å². The Hall–Kier alpha value is -0.980. The lowest BCUT2D eigenvalue weighted by atomic mass is 9.91. The molecule has 2 N–H and O–H groups in total. The van der Waals surface area contributed by atoms with Crippen molar-refractivity contribution in [3.8, 4) is 0 Å². The highest BCUT2D eigenvalue weighted by atomic mass is 14.5. The van der Waals surface area contributed by atoms with Crippen LogP contribution < -0.4 is 5.73 Å². The van der Waals surface area contributed by atoms with Gasteiger partial charge in [0.1, 0.15) is 0 Å². The number of nitrogen functional groups attached to an aromatic ring is 1. The molecule has 84 valence electrons. The van der Waals surface area contributed by atoms with Gasteiger partial charge in [0, 0.05) is 5.69 Å². The average Bonchev–Trinajstić information content (AvgIpc) is 2.25. The molecule has 1 aliphatic carbocycles. The van der Waals surface area contributed by atoms with E-state index in [-0.39, 0.29) is 0 Å². The highest BCUT2D eigenvalue weighted by Gasteiger charge is 2.05. The zero-order valence-electron chi connectivity index (χ0n) is 10.00. The summed E-state index contributed by atoms with van der Waals surface area (Å²) in [7, 11) is 0. The Morgan fingerprint density at radius 2 is 1.53 bits per heavy atom. The van der Waals surface area contributed by atoms with Crippen molar-refractivity contribution in [1.29, 1.82) is 0 Å². The van der Waals surface area contributed by atoms with Crippen LogP contribution in [0.15, 0.2) is 24.3 Å². The first-order chi connectivity index (χ1) is 7.18. The fourth-order valence-corrected chi connectivity index (χ4v) is 1.87. The fourth-order valence-electron chi connectivity index (χ4n) is 1.87. The molecule has 1 aromatic carbocycles. The number of benzene rings is 1. The third-order valence-electron chi connectivity index (χ3n) is 2.97. The van der Waals surface area contributed by atoms with E-state index in [9.17, 15) is 0 Å². The first kappa shape index (κ1) is 12.1. The Morgan fingerprint density at radius 1 is 1.00 bits per heavy atom. The van der Waals surface area contributed by atoms with Crippen molar-refractivity contribution in [3.63, 3.8) is 0 Å². The maximum Gasteiger partial charge on any atom is 0.0314 e. The van der Waals surface area contributed by atoms with Gasteiger partial charge in [-0.1, -0.05) is 56.7 Å². The van der Waals surface area contributed by atoms with E-state index in [0.29, 0.717) is 0 Å². The maximum atomic E-state index is 5.43. The SMILES string of the molecule is CC1CCCCC1.Cc1ccc(N)cc1. The Bertz CT molecular complexity index is 236. The lowest BCUT2D eigenvalue weighted by Crippen LogP contribution is -1.99. The molecular weight excluding hydrogens is 182 g/mol. The standard InChI is InChI=1S/C7H9N.C7H14/c1-6-2-4-7(8)5-3-6;1-7-5-3-2-4-6-7/h2-5H,8H2,1H3;7H,2-6H2,1H3. The lowest BCUT2D eigenvalue weighted by Gasteiger charge is -2.15. The van der Waals surface area contributed by atoms with Gasteiger partial charge in [-0.15, -0.1) is 0 Å². The summed E-state index contributed by atoms with van der Waals surface area (Å²) in [6, 6.07) is 7.79. The van der Waals surface area contributed by atoms with Gasteiger partial charge in [-0.2, -0.15) is 0 Å². The number of hydrogen-bond donors (Lipinski definition) is 1. The number of anilines is 1. The molecule has 1 saturated carbocycles. The smallest absolute Gasteiger partial charge is 0.0314 e. The van der Waals surface area contributed by atoms with Gasteiger partial charge in [-0.05, 0) is 25.0 Å². The minimum Gasteiger partial charge on any atom is -0.399 e. The zero-order chi connectivity index (χ0) is 11.1. The quantitative estimate of drug-likeness (QED) is 0.632. The van der Waals surface area contributed by atoms with Crippen molar-refractivity contribution in [3.05, 3.63) is 29.8 Å². The first-order valence-corrected chi connectivity index (χ1v) is 6.00. The molecule has 0 amide bonds. The van der Waals surface area contributed by atoms with Gasteiger partial charge >= 0.3 is 0 Å². The van der Waals surface area contributed by atoms with Crippen molar-refractivity contribution < 1.29 is 0 Å². The van der Waals surface area contributed by atoms with E-state index in [1.807, 2.05) is 31.2 Å². The van der Waals surface area contributed by atoms with Gasteiger partial charge in [0.15, 0.2) is 0 Å². The fraction of sp³-hybridized carbons (Fsp3) is 0.571. The third kappa shape index (κ3) is 5.46. The summed E-state index contributed by atoms with van der Waals surface area (Å²) in [5.41, 5.74) is 7.51. The molecule has 0 spiro atoms. The van der Waals surface area contributed by atoms with Gasteiger partial charge in [0.05, 0.1) is 0 Å². The van der Waals surface area contributed by atoms with Crippen molar-refractivity contribution in [2.45, 2.75) is 46.0 Å². The van der Waals surface area contributed by atoms with Crippen molar-refractivity contribution in [2.75, 3.05) is 5.73 Å². The molecule has 1 fully saturated rings. The minimum atomic E-state index is 0.829. The van der Waals surface area contributed by atoms with E-state index in [1.54, 1.807) is 0 Å². The number of hydrogen-bond acceptors (Lipinski definition) is 1. The number of aryl methyl sites for hydroxylation is 1. The summed E-state index contributed by atoms with van der Waals surface area (Å²) in [4.78, 5) is 0. The maximum absolute atomic E-state index is 5.43. The average molecular weight is 205 g/mol. The molecule has 0 radical (unpaired) electrons. The first-order valence-electron chi connectivity index (χ1n) is 6.00. The monoisotopic (exact) mass is 205 g/mol. The van der Waals surface area contributed by atoms with Gasteiger partial charge in [0.2, 0.25) is 0 Å². The van der Waals surface area contributed by atoms with Crippen LogP contribution in [0.1, 0.15) is 44.6 Å². The molecule has 0 atom stereocenters. The summed E-state index contributed by atoms with van der Waals surface area (Å²) in [5, 5.41) is 0. The van der Waals surface area contributed by atoms with Crippen LogP contribution in [0.25, 0.3) is 0 Å². The van der Waals surface area contributed by atoms with Crippen LogP contribution in [0.4, 0.5) is 5.69 Å². The minimum absolute atomic E-state index is 0.829. The van der Waals surface area contributed by atoms with Crippen LogP contribution in [0.5, 0.6) is 0 Å². The molecule has 0 aliphatic heterocycles. The van der Waals surface area contributed by atoms with E-state index in [1.165, 1.54) is 37.7 Å². The van der Waals surface area contributed by atoms with Gasteiger partial charge in [-0.25, -0.2) is 0 Å². The second-order valence-electron chi connectivity index (χ2n) is 4.65. The Morgan fingerprint density at radius 3 is 1.87 bits per heavy atom. The van der Waals surface area contributed by atoms with E-state index in [4.69, 9.17) is 5.73 Å². The molecule has 1 nitrogen and oxygen atoms in total. The Kier molecular flexibility index (Phi) is 5.23. The molecule has 1 aromatic rings. The summed E-state index contributed by atoms with van der Waals surface area (Å²) >= 11 is 0. The van der Waals surface area contributed by atoms with Crippen molar-refractivity contribution >= 4 is 5.69 Å². The summed E-state index contributed by atoms with van der Waals surface area (Å²) in [6.45, 7) is 4.40. The van der Waals surface area contributed by atoms with E-state index in [0.717, 1.165) is 11.6 Å². The van der Waals surface area contributed by atoms with Gasteiger partial charge < -0.3 is 5.73 Å². The Labute approximate surface area is 93.7 Å². The summed E-state index contributed by atoms with van der Waals surface area (Å²) < 4.78 is 0. The van der Waals surface area contributed by atoms with Crippen LogP contribution in [0.3, 0.4) is 0 Å². The lowest BCUT2D eigenvalue weighted by molar-refractivity contribution is 0.385. The van der Waals surface area contributed by atoms with Crippen LogP contribution >= 0.6 is 0 Å². The topological polar surface area (TPSA) is 26.0 Å². The number of nitrogens with two attached hydrogens (primary N) is 1. The second kappa shape index (κ2) is 6.49. The molecule has 1 aliphatic rings. The van der Waals surface area contributed by atoms with Crippen molar-refractivity contribution in [1.82, 2.24) is 0 Å². The molecule has 0 aromatic heterocycles. The predicted molar refractivity (Wildman–Crippen MR) is 67.8 cm³/mol. The third-order valence-corrected chi connectivity index (χ3v) is 2.97. The predicted octanol–water partition coefficient (Wildman–Crippen LogP) is 4.16. The van der Waals surface area contributed by atoms with Gasteiger partial charge in [-0.3, -0.25) is 0 Å². The largest absolute Gasteiger partial charge is 0.399 e. The summed E-state index contributed by atoms with van der Waals surface area (Å²) in [5.74, 6) is 1.04. The van der Waals surface area contributed by atoms with E-state index < -0.39 is 0 Å². The molecule has 0 saturated heterocycles. The van der Waals surface area contributed by atoms with Crippen LogP contribution in [-0.4, -0.2) is 0 Å². The van der Waals surface area contributed by atoms with E-state index in [2.05, 4.69) is 6.92 Å². The molecule has 0 heterocycles. The van der Waals surface area contributed by atoms with Crippen LogP contribution in [-0.2, 0) is 0 Å². The van der Waals surface area contributed by atoms with Crippen LogP contribution in [0, 0.1) is 12.8 Å². The molecule has 0 bridgehead atoms. The summed E-state index contributed by atoms with van der Waals surface area (Å²) in [6.07, 6.45) is 7.44. The molecular formula is C14H23N. The molecule has 1 heteroatoms. The second-order valence-corrected chi connectivity index (χ2v) is 4.65.